The highest BCUT2D eigenvalue weighted by Gasteiger charge is 2.23. The lowest BCUT2D eigenvalue weighted by molar-refractivity contribution is -0.161. The van der Waals surface area contributed by atoms with Gasteiger partial charge in [0.25, 0.3) is 0 Å². The Bertz CT molecular complexity index is 830. The maximum Gasteiger partial charge on any atom is 0.469 e. The Morgan fingerprint density at radius 3 is 1.24 bits per heavy atom. The van der Waals surface area contributed by atoms with Gasteiger partial charge in [-0.3, -0.25) is 14.1 Å². The molecule has 0 aliphatic carbocycles. The molecule has 304 valence electrons. The van der Waals surface area contributed by atoms with Crippen LogP contribution >= 0.6 is 7.82 Å². The third-order valence-corrected chi connectivity index (χ3v) is 10.6. The topological polar surface area (TPSA) is 119 Å². The SMILES string of the molecule is CCC(C)CCCCCCCCCCC(=O)O[C@H](COC(=O)CCCCCCCCCCCCCCCCCCCCC(C)C)COP(=O)(O)O. The second-order valence-corrected chi connectivity index (χ2v) is 17.0. The molecule has 0 aromatic carbocycles. The van der Waals surface area contributed by atoms with Crippen molar-refractivity contribution in [3.8, 4) is 0 Å². The van der Waals surface area contributed by atoms with Crippen LogP contribution in [-0.4, -0.2) is 41.0 Å². The highest BCUT2D eigenvalue weighted by molar-refractivity contribution is 7.46. The van der Waals surface area contributed by atoms with Crippen LogP contribution in [0.3, 0.4) is 0 Å². The van der Waals surface area contributed by atoms with Gasteiger partial charge in [0.15, 0.2) is 6.10 Å². The molecule has 2 N–H and O–H groups in total. The van der Waals surface area contributed by atoms with Crippen LogP contribution in [0.5, 0.6) is 0 Å². The predicted octanol–water partition coefficient (Wildman–Crippen LogP) is 13.0. The fraction of sp³-hybridized carbons (Fsp3) is 0.952. The van der Waals surface area contributed by atoms with Gasteiger partial charge in [0.2, 0.25) is 0 Å². The Morgan fingerprint density at radius 1 is 0.510 bits per heavy atom. The van der Waals surface area contributed by atoms with Crippen LogP contribution in [0.25, 0.3) is 0 Å². The molecular weight excluding hydrogens is 663 g/mol. The molecule has 51 heavy (non-hydrogen) atoms. The van der Waals surface area contributed by atoms with Crippen molar-refractivity contribution in [1.29, 1.82) is 0 Å². The molecule has 0 spiro atoms. The number of rotatable bonds is 39. The van der Waals surface area contributed by atoms with Crippen molar-refractivity contribution in [3.63, 3.8) is 0 Å². The number of carbonyl (C=O) groups is 2. The number of ether oxygens (including phenoxy) is 2. The lowest BCUT2D eigenvalue weighted by Crippen LogP contribution is -2.29. The summed E-state index contributed by atoms with van der Waals surface area (Å²) in [6.07, 6.45) is 35.5. The van der Waals surface area contributed by atoms with E-state index in [1.807, 2.05) is 0 Å². The Labute approximate surface area is 315 Å². The highest BCUT2D eigenvalue weighted by Crippen LogP contribution is 2.36. The van der Waals surface area contributed by atoms with Crippen molar-refractivity contribution >= 4 is 19.8 Å². The van der Waals surface area contributed by atoms with Crippen LogP contribution in [0, 0.1) is 11.8 Å². The Hall–Kier alpha value is -0.950. The van der Waals surface area contributed by atoms with Crippen LogP contribution in [-0.2, 0) is 28.2 Å². The lowest BCUT2D eigenvalue weighted by atomic mass is 9.99. The summed E-state index contributed by atoms with van der Waals surface area (Å²) in [4.78, 5) is 42.8. The second kappa shape index (κ2) is 36.0. The Morgan fingerprint density at radius 2 is 0.863 bits per heavy atom. The van der Waals surface area contributed by atoms with Crippen molar-refractivity contribution in [3.05, 3.63) is 0 Å². The van der Waals surface area contributed by atoms with Crippen molar-refractivity contribution in [2.24, 2.45) is 11.8 Å². The van der Waals surface area contributed by atoms with E-state index in [9.17, 15) is 14.2 Å². The van der Waals surface area contributed by atoms with Crippen molar-refractivity contribution in [2.75, 3.05) is 13.2 Å². The molecule has 0 aromatic heterocycles. The molecule has 0 saturated heterocycles. The second-order valence-electron chi connectivity index (χ2n) is 15.8. The zero-order valence-corrected chi connectivity index (χ0v) is 34.8. The van der Waals surface area contributed by atoms with E-state index in [4.69, 9.17) is 19.3 Å². The standard InChI is InChI=1S/C42H83O8P/c1-5-39(4)33-29-25-21-18-19-23-27-31-35-42(44)50-40(37-49-51(45,46)47)36-48-41(43)34-30-26-22-17-15-13-11-9-7-6-8-10-12-14-16-20-24-28-32-38(2)3/h38-40H,5-37H2,1-4H3,(H2,45,46,47)/t39?,40-/m1/s1. The van der Waals surface area contributed by atoms with E-state index in [1.165, 1.54) is 141 Å². The third-order valence-electron chi connectivity index (χ3n) is 10.1. The van der Waals surface area contributed by atoms with Gasteiger partial charge in [-0.05, 0) is 24.7 Å². The number of phosphoric acid groups is 1. The monoisotopic (exact) mass is 747 g/mol. The Kier molecular flexibility index (Phi) is 35.4. The minimum Gasteiger partial charge on any atom is -0.462 e. The number of hydrogen-bond donors (Lipinski definition) is 2. The van der Waals surface area contributed by atoms with Crippen LogP contribution < -0.4 is 0 Å². The van der Waals surface area contributed by atoms with E-state index in [-0.39, 0.29) is 19.4 Å². The van der Waals surface area contributed by atoms with E-state index in [2.05, 4.69) is 32.2 Å². The molecule has 8 nitrogen and oxygen atoms in total. The van der Waals surface area contributed by atoms with E-state index >= 15 is 0 Å². The van der Waals surface area contributed by atoms with Gasteiger partial charge in [-0.2, -0.15) is 0 Å². The molecule has 9 heteroatoms. The van der Waals surface area contributed by atoms with Gasteiger partial charge in [0.05, 0.1) is 6.61 Å². The first kappa shape index (κ1) is 50.1. The van der Waals surface area contributed by atoms with E-state index in [0.717, 1.165) is 50.4 Å². The summed E-state index contributed by atoms with van der Waals surface area (Å²) in [6.45, 7) is 8.39. The average Bonchev–Trinajstić information content (AvgIpc) is 3.08. The largest absolute Gasteiger partial charge is 0.469 e. The molecular formula is C42H83O8P. The summed E-state index contributed by atoms with van der Waals surface area (Å²) in [5, 5.41) is 0. The summed E-state index contributed by atoms with van der Waals surface area (Å²) in [6, 6.07) is 0. The zero-order chi connectivity index (χ0) is 37.8. The summed E-state index contributed by atoms with van der Waals surface area (Å²) in [7, 11) is -4.75. The quantitative estimate of drug-likeness (QED) is 0.0362. The van der Waals surface area contributed by atoms with Gasteiger partial charge < -0.3 is 19.3 Å². The molecule has 0 heterocycles. The first-order chi connectivity index (χ1) is 24.5. The molecule has 0 fully saturated rings. The average molecular weight is 747 g/mol. The zero-order valence-electron chi connectivity index (χ0n) is 33.9. The minimum absolute atomic E-state index is 0.217. The third kappa shape index (κ3) is 40.1. The van der Waals surface area contributed by atoms with Crippen LogP contribution in [0.4, 0.5) is 0 Å². The van der Waals surface area contributed by atoms with Crippen LogP contribution in [0.2, 0.25) is 0 Å². The maximum atomic E-state index is 12.4. The van der Waals surface area contributed by atoms with Crippen molar-refractivity contribution < 1.29 is 37.9 Å². The first-order valence-corrected chi connectivity index (χ1v) is 23.1. The smallest absolute Gasteiger partial charge is 0.462 e. The highest BCUT2D eigenvalue weighted by atomic mass is 31.2. The summed E-state index contributed by atoms with van der Waals surface area (Å²) in [5.74, 6) is 0.801. The lowest BCUT2D eigenvalue weighted by Gasteiger charge is -2.18. The first-order valence-electron chi connectivity index (χ1n) is 21.6. The summed E-state index contributed by atoms with van der Waals surface area (Å²) in [5.41, 5.74) is 0. The number of phosphoric ester groups is 1. The van der Waals surface area contributed by atoms with Gasteiger partial charge in [-0.15, -0.1) is 0 Å². The van der Waals surface area contributed by atoms with E-state index in [1.54, 1.807) is 0 Å². The molecule has 0 amide bonds. The molecule has 0 radical (unpaired) electrons. The van der Waals surface area contributed by atoms with Gasteiger partial charge in [0.1, 0.15) is 6.61 Å². The molecule has 1 unspecified atom stereocenters. The molecule has 0 aliphatic heterocycles. The molecule has 0 aliphatic rings. The number of hydrogen-bond acceptors (Lipinski definition) is 6. The Balaban J connectivity index is 3.81. The molecule has 0 aromatic rings. The normalized spacial score (nSPS) is 13.1. The fourth-order valence-corrected chi connectivity index (χ4v) is 6.84. The molecule has 0 saturated carbocycles. The van der Waals surface area contributed by atoms with Crippen molar-refractivity contribution in [1.82, 2.24) is 0 Å². The molecule has 2 atom stereocenters. The minimum atomic E-state index is -4.75. The van der Waals surface area contributed by atoms with Gasteiger partial charge in [0, 0.05) is 12.8 Å². The van der Waals surface area contributed by atoms with Crippen LogP contribution in [0.1, 0.15) is 227 Å². The number of carbonyl (C=O) groups excluding carboxylic acids is 2. The van der Waals surface area contributed by atoms with Gasteiger partial charge in [-0.25, -0.2) is 4.57 Å². The van der Waals surface area contributed by atoms with Gasteiger partial charge >= 0.3 is 19.8 Å². The van der Waals surface area contributed by atoms with Gasteiger partial charge in [-0.1, -0.05) is 201 Å². The number of esters is 2. The number of unbranched alkanes of at least 4 members (excludes halogenated alkanes) is 24. The maximum absolute atomic E-state index is 12.4. The molecule has 0 bridgehead atoms. The van der Waals surface area contributed by atoms with Crippen molar-refractivity contribution in [2.45, 2.75) is 233 Å². The predicted molar refractivity (Wildman–Crippen MR) is 212 cm³/mol. The summed E-state index contributed by atoms with van der Waals surface area (Å²) < 4.78 is 26.4. The fourth-order valence-electron chi connectivity index (χ4n) is 6.48. The summed E-state index contributed by atoms with van der Waals surface area (Å²) >= 11 is 0. The molecule has 0 rings (SSSR count). The van der Waals surface area contributed by atoms with E-state index < -0.39 is 32.5 Å². The van der Waals surface area contributed by atoms with Crippen LogP contribution in [0.15, 0.2) is 0 Å². The van der Waals surface area contributed by atoms with E-state index in [0.29, 0.717) is 6.42 Å².